The summed E-state index contributed by atoms with van der Waals surface area (Å²) in [7, 11) is 0. The van der Waals surface area contributed by atoms with Crippen LogP contribution < -0.4 is 9.80 Å². The summed E-state index contributed by atoms with van der Waals surface area (Å²) >= 11 is 1.89. The third-order valence-electron chi connectivity index (χ3n) is 10.6. The van der Waals surface area contributed by atoms with Crippen molar-refractivity contribution in [2.24, 2.45) is 0 Å². The van der Waals surface area contributed by atoms with E-state index in [0.717, 1.165) is 17.1 Å². The molecule has 3 heteroatoms. The molecule has 238 valence electrons. The van der Waals surface area contributed by atoms with E-state index in [1.165, 1.54) is 69.9 Å². The van der Waals surface area contributed by atoms with Crippen molar-refractivity contribution in [2.45, 2.75) is 19.3 Å². The summed E-state index contributed by atoms with van der Waals surface area (Å²) in [5, 5.41) is 7.75. The van der Waals surface area contributed by atoms with Gasteiger partial charge in [-0.05, 0) is 105 Å². The number of hydrogen-bond acceptors (Lipinski definition) is 3. The van der Waals surface area contributed by atoms with E-state index in [0.29, 0.717) is 0 Å². The minimum atomic E-state index is -0.278. The maximum atomic E-state index is 2.47. The van der Waals surface area contributed by atoms with Crippen LogP contribution in [0.2, 0.25) is 0 Å². The first-order chi connectivity index (χ1) is 24.6. The second kappa shape index (κ2) is 11.1. The Morgan fingerprint density at radius 2 is 1.12 bits per heavy atom. The van der Waals surface area contributed by atoms with Crippen molar-refractivity contribution in [1.29, 1.82) is 0 Å². The molecule has 0 aliphatic carbocycles. The van der Waals surface area contributed by atoms with Crippen molar-refractivity contribution < 1.29 is 0 Å². The van der Waals surface area contributed by atoms with Crippen LogP contribution in [-0.2, 0) is 5.41 Å². The maximum absolute atomic E-state index is 2.47. The van der Waals surface area contributed by atoms with Crippen LogP contribution in [0, 0.1) is 0 Å². The Morgan fingerprint density at radius 1 is 0.480 bits per heavy atom. The van der Waals surface area contributed by atoms with E-state index < -0.39 is 0 Å². The van der Waals surface area contributed by atoms with Gasteiger partial charge in [-0.3, -0.25) is 0 Å². The molecular formula is C47H34N2S. The van der Waals surface area contributed by atoms with E-state index in [9.17, 15) is 0 Å². The van der Waals surface area contributed by atoms with Gasteiger partial charge < -0.3 is 9.80 Å². The van der Waals surface area contributed by atoms with E-state index in [1.54, 1.807) is 0 Å². The van der Waals surface area contributed by atoms with Crippen LogP contribution in [0.3, 0.4) is 0 Å². The molecule has 0 atom stereocenters. The third kappa shape index (κ3) is 4.33. The van der Waals surface area contributed by atoms with Gasteiger partial charge in [-0.25, -0.2) is 0 Å². The molecule has 0 saturated heterocycles. The first kappa shape index (κ1) is 29.1. The summed E-state index contributed by atoms with van der Waals surface area (Å²) < 4.78 is 2.66. The molecule has 0 unspecified atom stereocenters. The first-order valence-corrected chi connectivity index (χ1v) is 18.1. The van der Waals surface area contributed by atoms with Crippen molar-refractivity contribution in [1.82, 2.24) is 0 Å². The second-order valence-electron chi connectivity index (χ2n) is 13.8. The molecule has 50 heavy (non-hydrogen) atoms. The number of hydrogen-bond donors (Lipinski definition) is 0. The standard InChI is InChI=1S/C47H34N2S/c1-47(2)40-30-36(48(33-14-5-3-6-15-33)35-23-25-38-32(29-35)22-21-31-13-9-10-18-37(31)38)24-26-41(40)49(34-16-7-4-8-17-34)42-27-28-44-45(46(42)47)39-19-11-12-20-43(39)50-44/h3-30H,1-2H3. The molecule has 2 nitrogen and oxygen atoms in total. The van der Waals surface area contributed by atoms with Crippen molar-refractivity contribution in [3.8, 4) is 0 Å². The number of anilines is 6. The maximum Gasteiger partial charge on any atom is 0.0509 e. The zero-order valence-corrected chi connectivity index (χ0v) is 28.8. The molecule has 0 saturated carbocycles. The van der Waals surface area contributed by atoms with Gasteiger partial charge in [-0.1, -0.05) is 111 Å². The highest BCUT2D eigenvalue weighted by Gasteiger charge is 2.39. The lowest BCUT2D eigenvalue weighted by Gasteiger charge is -2.43. The van der Waals surface area contributed by atoms with Crippen LogP contribution in [0.25, 0.3) is 41.7 Å². The normalized spacial score (nSPS) is 13.5. The molecule has 8 aromatic carbocycles. The molecule has 9 aromatic rings. The zero-order chi connectivity index (χ0) is 33.4. The highest BCUT2D eigenvalue weighted by atomic mass is 32.1. The van der Waals surface area contributed by atoms with Gasteiger partial charge in [0, 0.05) is 48.3 Å². The van der Waals surface area contributed by atoms with Gasteiger partial charge in [0.05, 0.1) is 11.4 Å². The topological polar surface area (TPSA) is 6.48 Å². The fourth-order valence-electron chi connectivity index (χ4n) is 8.27. The molecule has 0 fully saturated rings. The molecule has 0 spiro atoms. The fraction of sp³-hybridized carbons (Fsp3) is 0.0638. The molecule has 0 N–H and O–H groups in total. The van der Waals surface area contributed by atoms with Crippen LogP contribution >= 0.6 is 11.3 Å². The Kier molecular flexibility index (Phi) is 6.43. The Hall–Kier alpha value is -5.90. The van der Waals surface area contributed by atoms with Gasteiger partial charge in [-0.15, -0.1) is 11.3 Å². The number of rotatable bonds is 4. The monoisotopic (exact) mass is 658 g/mol. The van der Waals surface area contributed by atoms with Gasteiger partial charge in [0.25, 0.3) is 0 Å². The van der Waals surface area contributed by atoms with Gasteiger partial charge in [0.15, 0.2) is 0 Å². The molecule has 0 radical (unpaired) electrons. The van der Waals surface area contributed by atoms with Crippen LogP contribution in [0.4, 0.5) is 34.1 Å². The van der Waals surface area contributed by atoms with E-state index in [4.69, 9.17) is 0 Å². The number of para-hydroxylation sites is 2. The largest absolute Gasteiger partial charge is 0.310 e. The van der Waals surface area contributed by atoms with E-state index >= 15 is 0 Å². The van der Waals surface area contributed by atoms with Gasteiger partial charge >= 0.3 is 0 Å². The molecular weight excluding hydrogens is 625 g/mol. The first-order valence-electron chi connectivity index (χ1n) is 17.3. The van der Waals surface area contributed by atoms with Crippen LogP contribution in [0.15, 0.2) is 170 Å². The second-order valence-corrected chi connectivity index (χ2v) is 14.9. The number of fused-ring (bicyclic) bond motifs is 9. The van der Waals surface area contributed by atoms with Crippen LogP contribution in [-0.4, -0.2) is 0 Å². The van der Waals surface area contributed by atoms with E-state index in [2.05, 4.69) is 194 Å². The summed E-state index contributed by atoms with van der Waals surface area (Å²) in [4.78, 5) is 4.88. The Balaban J connectivity index is 1.22. The van der Waals surface area contributed by atoms with Gasteiger partial charge in [0.1, 0.15) is 0 Å². The van der Waals surface area contributed by atoms with Gasteiger partial charge in [-0.2, -0.15) is 0 Å². The van der Waals surface area contributed by atoms with Gasteiger partial charge in [0.2, 0.25) is 0 Å². The molecule has 10 rings (SSSR count). The average molecular weight is 659 g/mol. The quantitative estimate of drug-likeness (QED) is 0.174. The minimum Gasteiger partial charge on any atom is -0.310 e. The predicted octanol–water partition coefficient (Wildman–Crippen LogP) is 13.9. The van der Waals surface area contributed by atoms with E-state index in [1.807, 2.05) is 11.3 Å². The molecule has 1 aliphatic heterocycles. The lowest BCUT2D eigenvalue weighted by Crippen LogP contribution is -2.31. The van der Waals surface area contributed by atoms with Crippen molar-refractivity contribution in [2.75, 3.05) is 9.80 Å². The highest BCUT2D eigenvalue weighted by molar-refractivity contribution is 7.25. The lowest BCUT2D eigenvalue weighted by atomic mass is 9.71. The van der Waals surface area contributed by atoms with Crippen molar-refractivity contribution in [3.05, 3.63) is 181 Å². The third-order valence-corrected chi connectivity index (χ3v) is 11.7. The summed E-state index contributed by atoms with van der Waals surface area (Å²) in [5.41, 5.74) is 9.45. The summed E-state index contributed by atoms with van der Waals surface area (Å²) in [6.07, 6.45) is 0. The van der Waals surface area contributed by atoms with Crippen LogP contribution in [0.1, 0.15) is 25.0 Å². The fourth-order valence-corrected chi connectivity index (χ4v) is 9.38. The highest BCUT2D eigenvalue weighted by Crippen LogP contribution is 2.57. The lowest BCUT2D eigenvalue weighted by molar-refractivity contribution is 0.638. The predicted molar refractivity (Wildman–Crippen MR) is 216 cm³/mol. The van der Waals surface area contributed by atoms with Crippen molar-refractivity contribution in [3.63, 3.8) is 0 Å². The molecule has 0 amide bonds. The van der Waals surface area contributed by atoms with Crippen LogP contribution in [0.5, 0.6) is 0 Å². The SMILES string of the molecule is CC1(C)c2cc(N(c3ccccc3)c3ccc4c(ccc5ccccc54)c3)ccc2N(c2ccccc2)c2ccc3sc4ccccc4c3c21. The number of thiophene rings is 1. The Morgan fingerprint density at radius 3 is 1.96 bits per heavy atom. The molecule has 1 aliphatic rings. The Labute approximate surface area is 296 Å². The summed E-state index contributed by atoms with van der Waals surface area (Å²) in [6, 6.07) is 62.3. The Bertz CT molecular complexity index is 2740. The molecule has 0 bridgehead atoms. The summed E-state index contributed by atoms with van der Waals surface area (Å²) in [6.45, 7) is 4.83. The smallest absolute Gasteiger partial charge is 0.0509 e. The number of nitrogens with zero attached hydrogens (tertiary/aromatic N) is 2. The molecule has 2 heterocycles. The van der Waals surface area contributed by atoms with Crippen molar-refractivity contribution >= 4 is 87.2 Å². The molecule has 1 aromatic heterocycles. The van der Waals surface area contributed by atoms with E-state index in [-0.39, 0.29) is 5.41 Å². The zero-order valence-electron chi connectivity index (χ0n) is 28.0. The average Bonchev–Trinajstić information content (AvgIpc) is 3.54. The number of benzene rings is 8. The minimum absolute atomic E-state index is 0.278. The summed E-state index contributed by atoms with van der Waals surface area (Å²) in [5.74, 6) is 0.